The Hall–Kier alpha value is -1.59. The van der Waals surface area contributed by atoms with E-state index in [9.17, 15) is 4.79 Å². The Kier molecular flexibility index (Phi) is 6.30. The highest BCUT2D eigenvalue weighted by Gasteiger charge is 2.26. The average molecular weight is 373 g/mol. The van der Waals surface area contributed by atoms with E-state index in [-0.39, 0.29) is 5.91 Å². The number of hydrogen-bond acceptors (Lipinski definition) is 4. The van der Waals surface area contributed by atoms with E-state index >= 15 is 0 Å². The van der Waals surface area contributed by atoms with Crippen LogP contribution in [0.1, 0.15) is 43.2 Å². The number of fused-ring (bicyclic) bond motifs is 1. The van der Waals surface area contributed by atoms with E-state index in [0.29, 0.717) is 26.2 Å². The molecule has 0 bridgehead atoms. The van der Waals surface area contributed by atoms with Crippen LogP contribution in [0.25, 0.3) is 0 Å². The van der Waals surface area contributed by atoms with E-state index in [2.05, 4.69) is 23.1 Å². The molecule has 1 aliphatic carbocycles. The van der Waals surface area contributed by atoms with Crippen molar-refractivity contribution in [3.8, 4) is 5.75 Å². The van der Waals surface area contributed by atoms with Crippen LogP contribution in [0.3, 0.4) is 0 Å². The molecule has 0 radical (unpaired) electrons. The second-order valence-corrected chi connectivity index (χ2v) is 8.00. The molecule has 2 heterocycles. The first kappa shape index (κ1) is 18.8. The Bertz CT molecular complexity index is 638. The number of amides is 1. The summed E-state index contributed by atoms with van der Waals surface area (Å²) in [6, 6.07) is 7.40. The van der Waals surface area contributed by atoms with Crippen LogP contribution in [0.15, 0.2) is 18.2 Å². The van der Waals surface area contributed by atoms with Gasteiger partial charge in [0.25, 0.3) is 0 Å². The number of ether oxygens (including phenoxy) is 2. The van der Waals surface area contributed by atoms with E-state index in [1.54, 1.807) is 0 Å². The van der Waals surface area contributed by atoms with Crippen molar-refractivity contribution < 1.29 is 14.3 Å². The zero-order valence-electron chi connectivity index (χ0n) is 16.3. The van der Waals surface area contributed by atoms with Gasteiger partial charge in [0.2, 0.25) is 5.91 Å². The van der Waals surface area contributed by atoms with Gasteiger partial charge in [0.15, 0.2) is 0 Å². The van der Waals surface area contributed by atoms with Crippen LogP contribution in [-0.4, -0.2) is 67.7 Å². The van der Waals surface area contributed by atoms with Gasteiger partial charge in [-0.1, -0.05) is 12.5 Å². The van der Waals surface area contributed by atoms with E-state index in [0.717, 1.165) is 44.1 Å². The summed E-state index contributed by atoms with van der Waals surface area (Å²) in [7, 11) is 0. The maximum atomic E-state index is 12.2. The smallest absolute Gasteiger partial charge is 0.222 e. The van der Waals surface area contributed by atoms with E-state index in [1.165, 1.54) is 43.5 Å². The Morgan fingerprint density at radius 3 is 2.59 bits per heavy atom. The van der Waals surface area contributed by atoms with Crippen LogP contribution in [0.4, 0.5) is 0 Å². The molecule has 0 aromatic heterocycles. The summed E-state index contributed by atoms with van der Waals surface area (Å²) in [6.07, 6.45) is 7.77. The van der Waals surface area contributed by atoms with E-state index in [1.807, 2.05) is 4.90 Å². The first-order chi connectivity index (χ1) is 13.3. The first-order valence-corrected chi connectivity index (χ1v) is 10.6. The predicted molar refractivity (Wildman–Crippen MR) is 105 cm³/mol. The van der Waals surface area contributed by atoms with Crippen molar-refractivity contribution >= 4 is 5.91 Å². The Balaban J connectivity index is 1.22. The minimum atomic E-state index is 0.222. The summed E-state index contributed by atoms with van der Waals surface area (Å²) in [5, 5.41) is 0. The molecule has 1 aromatic rings. The molecule has 4 rings (SSSR count). The molecule has 2 aliphatic heterocycles. The number of morpholine rings is 1. The maximum Gasteiger partial charge on any atom is 0.222 e. The summed E-state index contributed by atoms with van der Waals surface area (Å²) in [4.78, 5) is 16.7. The van der Waals surface area contributed by atoms with Crippen LogP contribution in [-0.2, 0) is 22.4 Å². The van der Waals surface area contributed by atoms with Crippen molar-refractivity contribution in [3.05, 3.63) is 29.3 Å². The zero-order chi connectivity index (χ0) is 18.5. The fourth-order valence-electron chi connectivity index (χ4n) is 4.31. The molecular formula is C22H32N2O3. The van der Waals surface area contributed by atoms with Crippen molar-refractivity contribution in [3.63, 3.8) is 0 Å². The first-order valence-electron chi connectivity index (χ1n) is 10.6. The third-order valence-electron chi connectivity index (χ3n) is 6.27. The zero-order valence-corrected chi connectivity index (χ0v) is 16.3. The van der Waals surface area contributed by atoms with Crippen LogP contribution >= 0.6 is 0 Å². The maximum absolute atomic E-state index is 12.2. The van der Waals surface area contributed by atoms with Gasteiger partial charge >= 0.3 is 0 Å². The molecule has 27 heavy (non-hydrogen) atoms. The number of benzene rings is 1. The molecule has 1 saturated heterocycles. The lowest BCUT2D eigenvalue weighted by Crippen LogP contribution is -2.41. The molecular weight excluding hydrogens is 340 g/mol. The Morgan fingerprint density at radius 1 is 1.07 bits per heavy atom. The Morgan fingerprint density at radius 2 is 1.85 bits per heavy atom. The number of carbonyl (C=O) groups is 1. The van der Waals surface area contributed by atoms with Gasteiger partial charge in [-0.2, -0.15) is 0 Å². The molecule has 0 atom stereocenters. The molecule has 1 aromatic carbocycles. The van der Waals surface area contributed by atoms with Gasteiger partial charge < -0.3 is 14.4 Å². The molecule has 148 valence electrons. The average Bonchev–Trinajstić information content (AvgIpc) is 2.87. The molecule has 3 aliphatic rings. The van der Waals surface area contributed by atoms with Gasteiger partial charge in [-0.3, -0.25) is 9.69 Å². The third kappa shape index (κ3) is 4.82. The van der Waals surface area contributed by atoms with Crippen molar-refractivity contribution in [2.45, 2.75) is 51.0 Å². The molecule has 1 saturated carbocycles. The van der Waals surface area contributed by atoms with Crippen molar-refractivity contribution in [2.24, 2.45) is 0 Å². The Labute approximate surface area is 162 Å². The number of nitrogens with zero attached hydrogens (tertiary/aromatic N) is 2. The quantitative estimate of drug-likeness (QED) is 0.720. The van der Waals surface area contributed by atoms with Crippen molar-refractivity contribution in [1.82, 2.24) is 9.80 Å². The molecule has 5 nitrogen and oxygen atoms in total. The highest BCUT2D eigenvalue weighted by Crippen LogP contribution is 2.28. The molecule has 2 fully saturated rings. The lowest BCUT2D eigenvalue weighted by molar-refractivity contribution is -0.135. The lowest BCUT2D eigenvalue weighted by atomic mass is 9.91. The van der Waals surface area contributed by atoms with Gasteiger partial charge in [-0.25, -0.2) is 0 Å². The molecule has 0 N–H and O–H groups in total. The van der Waals surface area contributed by atoms with Crippen LogP contribution in [0.5, 0.6) is 5.75 Å². The van der Waals surface area contributed by atoms with Crippen LogP contribution in [0.2, 0.25) is 0 Å². The molecule has 1 amide bonds. The predicted octanol–water partition coefficient (Wildman–Crippen LogP) is 2.66. The summed E-state index contributed by atoms with van der Waals surface area (Å²) in [5.74, 6) is 1.17. The topological polar surface area (TPSA) is 42.0 Å². The lowest BCUT2D eigenvalue weighted by Gasteiger charge is -2.36. The van der Waals surface area contributed by atoms with Gasteiger partial charge in [0.05, 0.1) is 19.8 Å². The highest BCUT2D eigenvalue weighted by atomic mass is 16.5. The minimum absolute atomic E-state index is 0.222. The number of rotatable bonds is 6. The molecule has 0 spiro atoms. The second kappa shape index (κ2) is 9.07. The summed E-state index contributed by atoms with van der Waals surface area (Å²) in [6.45, 7) is 5.75. The monoisotopic (exact) mass is 372 g/mol. The summed E-state index contributed by atoms with van der Waals surface area (Å²) >= 11 is 0. The van der Waals surface area contributed by atoms with Crippen molar-refractivity contribution in [1.29, 1.82) is 0 Å². The molecule has 0 unspecified atom stereocenters. The summed E-state index contributed by atoms with van der Waals surface area (Å²) in [5.41, 5.74) is 2.92. The largest absolute Gasteiger partial charge is 0.494 e. The van der Waals surface area contributed by atoms with Gasteiger partial charge in [-0.05, 0) is 55.4 Å². The van der Waals surface area contributed by atoms with E-state index < -0.39 is 0 Å². The number of hydrogen-bond donors (Lipinski definition) is 0. The van der Waals surface area contributed by atoms with Gasteiger partial charge in [0.1, 0.15) is 5.75 Å². The normalized spacial score (nSPS) is 21.3. The van der Waals surface area contributed by atoms with Gasteiger partial charge in [-0.15, -0.1) is 0 Å². The van der Waals surface area contributed by atoms with E-state index in [4.69, 9.17) is 9.47 Å². The third-order valence-corrected chi connectivity index (χ3v) is 6.27. The molecule has 5 heteroatoms. The van der Waals surface area contributed by atoms with Gasteiger partial charge in [0, 0.05) is 38.6 Å². The van der Waals surface area contributed by atoms with Crippen LogP contribution < -0.4 is 4.74 Å². The van der Waals surface area contributed by atoms with Crippen LogP contribution in [0, 0.1) is 0 Å². The van der Waals surface area contributed by atoms with Crippen molar-refractivity contribution in [2.75, 3.05) is 46.0 Å². The minimum Gasteiger partial charge on any atom is -0.494 e. The fraction of sp³-hybridized carbons (Fsp3) is 0.682. The summed E-state index contributed by atoms with van der Waals surface area (Å²) < 4.78 is 11.2. The SMILES string of the molecule is O=C(CCCOc1ccc2c(c1)CCN(C1CCC1)CC2)N1CCOCC1. The second-order valence-electron chi connectivity index (χ2n) is 8.00. The number of carbonyl (C=O) groups excluding carboxylic acids is 1. The fourth-order valence-corrected chi connectivity index (χ4v) is 4.31. The standard InChI is InChI=1S/C22H32N2O3/c25-22(24-12-15-26-16-13-24)5-2-14-27-21-7-6-18-8-10-23(20-3-1-4-20)11-9-19(18)17-21/h6-7,17,20H,1-5,8-16H2. The highest BCUT2D eigenvalue weighted by molar-refractivity contribution is 5.76.